The molecule has 0 spiro atoms. The standard InChI is InChI=1S/C13H23N3O3/c1-9(2)7-13(4,18)8-14-11(17)5-6-12-15-10(3)16-19-12/h9,18H,5-8H2,1-4H3,(H,14,17). The summed E-state index contributed by atoms with van der Waals surface area (Å²) in [6.07, 6.45) is 1.34. The largest absolute Gasteiger partial charge is 0.388 e. The summed E-state index contributed by atoms with van der Waals surface area (Å²) in [4.78, 5) is 15.7. The molecule has 108 valence electrons. The Kier molecular flexibility index (Phi) is 5.47. The Bertz CT molecular complexity index is 413. The zero-order valence-electron chi connectivity index (χ0n) is 12.1. The lowest BCUT2D eigenvalue weighted by atomic mass is 9.94. The second-order valence-electron chi connectivity index (χ2n) is 5.61. The van der Waals surface area contributed by atoms with Crippen LogP contribution in [0.5, 0.6) is 0 Å². The molecule has 1 rings (SSSR count). The monoisotopic (exact) mass is 269 g/mol. The lowest BCUT2D eigenvalue weighted by Crippen LogP contribution is -2.41. The van der Waals surface area contributed by atoms with Crippen molar-refractivity contribution in [1.82, 2.24) is 15.5 Å². The molecule has 1 unspecified atom stereocenters. The number of nitrogens with one attached hydrogen (secondary N) is 1. The van der Waals surface area contributed by atoms with E-state index in [1.54, 1.807) is 13.8 Å². The minimum Gasteiger partial charge on any atom is -0.388 e. The molecule has 1 aromatic heterocycles. The number of hydrogen-bond acceptors (Lipinski definition) is 5. The second kappa shape index (κ2) is 6.65. The van der Waals surface area contributed by atoms with Crippen LogP contribution in [0.1, 0.15) is 45.3 Å². The zero-order chi connectivity index (χ0) is 14.5. The molecule has 0 aliphatic rings. The van der Waals surface area contributed by atoms with Crippen molar-refractivity contribution < 1.29 is 14.4 Å². The summed E-state index contributed by atoms with van der Waals surface area (Å²) in [5, 5.41) is 16.4. The maximum Gasteiger partial charge on any atom is 0.227 e. The third-order valence-corrected chi connectivity index (χ3v) is 2.65. The molecule has 1 atom stereocenters. The normalized spacial score (nSPS) is 14.4. The van der Waals surface area contributed by atoms with E-state index in [9.17, 15) is 9.90 Å². The van der Waals surface area contributed by atoms with Gasteiger partial charge < -0.3 is 14.9 Å². The van der Waals surface area contributed by atoms with E-state index >= 15 is 0 Å². The molecule has 19 heavy (non-hydrogen) atoms. The van der Waals surface area contributed by atoms with E-state index < -0.39 is 5.60 Å². The van der Waals surface area contributed by atoms with Crippen molar-refractivity contribution in [2.75, 3.05) is 6.54 Å². The highest BCUT2D eigenvalue weighted by Gasteiger charge is 2.22. The molecule has 0 radical (unpaired) electrons. The van der Waals surface area contributed by atoms with Crippen LogP contribution in [0.3, 0.4) is 0 Å². The fourth-order valence-electron chi connectivity index (χ4n) is 1.99. The number of aromatic nitrogens is 2. The van der Waals surface area contributed by atoms with Gasteiger partial charge in [0, 0.05) is 19.4 Å². The van der Waals surface area contributed by atoms with Crippen molar-refractivity contribution in [3.63, 3.8) is 0 Å². The van der Waals surface area contributed by atoms with Gasteiger partial charge in [0.2, 0.25) is 11.8 Å². The lowest BCUT2D eigenvalue weighted by molar-refractivity contribution is -0.122. The molecule has 2 N–H and O–H groups in total. The number of carbonyl (C=O) groups excluding carboxylic acids is 1. The van der Waals surface area contributed by atoms with Crippen LogP contribution in [0.2, 0.25) is 0 Å². The molecule has 0 aliphatic heterocycles. The Morgan fingerprint density at radius 1 is 1.53 bits per heavy atom. The molecule has 6 heteroatoms. The quantitative estimate of drug-likeness (QED) is 0.777. The van der Waals surface area contributed by atoms with Crippen molar-refractivity contribution in [2.45, 2.75) is 52.6 Å². The topological polar surface area (TPSA) is 88.2 Å². The summed E-state index contributed by atoms with van der Waals surface area (Å²) < 4.78 is 4.92. The molecule has 1 heterocycles. The maximum absolute atomic E-state index is 11.6. The fraction of sp³-hybridized carbons (Fsp3) is 0.769. The predicted octanol–water partition coefficient (Wildman–Crippen LogP) is 1.22. The Hall–Kier alpha value is -1.43. The van der Waals surface area contributed by atoms with Gasteiger partial charge in [-0.2, -0.15) is 4.98 Å². The van der Waals surface area contributed by atoms with Gasteiger partial charge in [0.25, 0.3) is 0 Å². The Balaban J connectivity index is 2.28. The molecular weight excluding hydrogens is 246 g/mol. The van der Waals surface area contributed by atoms with Crippen LogP contribution in [-0.2, 0) is 11.2 Å². The SMILES string of the molecule is Cc1noc(CCC(=O)NCC(C)(O)CC(C)C)n1. The summed E-state index contributed by atoms with van der Waals surface area (Å²) in [6, 6.07) is 0. The average molecular weight is 269 g/mol. The van der Waals surface area contributed by atoms with E-state index in [4.69, 9.17) is 4.52 Å². The minimum absolute atomic E-state index is 0.125. The van der Waals surface area contributed by atoms with E-state index in [-0.39, 0.29) is 18.9 Å². The van der Waals surface area contributed by atoms with Gasteiger partial charge in [-0.05, 0) is 26.2 Å². The Morgan fingerprint density at radius 3 is 2.74 bits per heavy atom. The van der Waals surface area contributed by atoms with Crippen molar-refractivity contribution in [1.29, 1.82) is 0 Å². The van der Waals surface area contributed by atoms with Crippen LogP contribution in [0.15, 0.2) is 4.52 Å². The number of aliphatic hydroxyl groups is 1. The molecule has 1 amide bonds. The van der Waals surface area contributed by atoms with E-state index in [0.717, 1.165) is 0 Å². The fourth-order valence-corrected chi connectivity index (χ4v) is 1.99. The van der Waals surface area contributed by atoms with Crippen molar-refractivity contribution in [2.24, 2.45) is 5.92 Å². The van der Waals surface area contributed by atoms with E-state index in [0.29, 0.717) is 30.5 Å². The summed E-state index contributed by atoms with van der Waals surface area (Å²) in [5.41, 5.74) is -0.870. The molecule has 0 bridgehead atoms. The second-order valence-corrected chi connectivity index (χ2v) is 5.61. The first-order valence-electron chi connectivity index (χ1n) is 6.57. The number of hydrogen-bond donors (Lipinski definition) is 2. The smallest absolute Gasteiger partial charge is 0.227 e. The van der Waals surface area contributed by atoms with E-state index in [2.05, 4.69) is 15.5 Å². The van der Waals surface area contributed by atoms with Crippen LogP contribution in [0.4, 0.5) is 0 Å². The van der Waals surface area contributed by atoms with E-state index in [1.165, 1.54) is 0 Å². The Labute approximate surface area is 113 Å². The van der Waals surface area contributed by atoms with Crippen LogP contribution >= 0.6 is 0 Å². The summed E-state index contributed by atoms with van der Waals surface area (Å²) in [5.74, 6) is 1.28. The first kappa shape index (κ1) is 15.6. The summed E-state index contributed by atoms with van der Waals surface area (Å²) in [6.45, 7) is 7.79. The highest BCUT2D eigenvalue weighted by molar-refractivity contribution is 5.76. The molecule has 6 nitrogen and oxygen atoms in total. The molecule has 0 aliphatic carbocycles. The van der Waals surface area contributed by atoms with Gasteiger partial charge >= 0.3 is 0 Å². The number of amides is 1. The third kappa shape index (κ3) is 6.33. The third-order valence-electron chi connectivity index (χ3n) is 2.65. The van der Waals surface area contributed by atoms with Gasteiger partial charge in [-0.15, -0.1) is 0 Å². The maximum atomic E-state index is 11.6. The average Bonchev–Trinajstić information content (AvgIpc) is 2.68. The molecule has 0 saturated carbocycles. The van der Waals surface area contributed by atoms with Crippen molar-refractivity contribution in [3.05, 3.63) is 11.7 Å². The molecule has 0 fully saturated rings. The zero-order valence-corrected chi connectivity index (χ0v) is 12.1. The van der Waals surface area contributed by atoms with Crippen LogP contribution < -0.4 is 5.32 Å². The first-order chi connectivity index (χ1) is 8.78. The summed E-state index contributed by atoms with van der Waals surface area (Å²) in [7, 11) is 0. The highest BCUT2D eigenvalue weighted by Crippen LogP contribution is 2.15. The number of nitrogens with zero attached hydrogens (tertiary/aromatic N) is 2. The molecule has 0 saturated heterocycles. The van der Waals surface area contributed by atoms with Gasteiger partial charge in [0.15, 0.2) is 5.82 Å². The van der Waals surface area contributed by atoms with Crippen molar-refractivity contribution >= 4 is 5.91 Å². The van der Waals surface area contributed by atoms with Gasteiger partial charge in [-0.3, -0.25) is 4.79 Å². The van der Waals surface area contributed by atoms with Gasteiger partial charge in [0.1, 0.15) is 0 Å². The first-order valence-corrected chi connectivity index (χ1v) is 6.57. The summed E-state index contributed by atoms with van der Waals surface area (Å²) >= 11 is 0. The predicted molar refractivity (Wildman–Crippen MR) is 70.4 cm³/mol. The number of aryl methyl sites for hydroxylation is 2. The lowest BCUT2D eigenvalue weighted by Gasteiger charge is -2.25. The Morgan fingerprint density at radius 2 is 2.21 bits per heavy atom. The number of rotatable bonds is 7. The van der Waals surface area contributed by atoms with Crippen molar-refractivity contribution in [3.8, 4) is 0 Å². The van der Waals surface area contributed by atoms with Gasteiger partial charge in [0.05, 0.1) is 5.60 Å². The highest BCUT2D eigenvalue weighted by atomic mass is 16.5. The molecule has 1 aromatic rings. The molecule has 0 aromatic carbocycles. The van der Waals surface area contributed by atoms with Crippen LogP contribution in [0.25, 0.3) is 0 Å². The van der Waals surface area contributed by atoms with Crippen LogP contribution in [-0.4, -0.2) is 33.3 Å². The van der Waals surface area contributed by atoms with Gasteiger partial charge in [-0.1, -0.05) is 19.0 Å². The van der Waals surface area contributed by atoms with Crippen LogP contribution in [0, 0.1) is 12.8 Å². The minimum atomic E-state index is -0.870. The molecular formula is C13H23N3O3. The number of carbonyl (C=O) groups is 1. The van der Waals surface area contributed by atoms with Gasteiger partial charge in [-0.25, -0.2) is 0 Å². The van der Waals surface area contributed by atoms with E-state index in [1.807, 2.05) is 13.8 Å².